The number of halogens is 1. The van der Waals surface area contributed by atoms with E-state index in [1.165, 1.54) is 0 Å². The quantitative estimate of drug-likeness (QED) is 0.892. The summed E-state index contributed by atoms with van der Waals surface area (Å²) in [4.78, 5) is 17.4. The zero-order valence-electron chi connectivity index (χ0n) is 10.4. The van der Waals surface area contributed by atoms with Crippen molar-refractivity contribution in [2.75, 3.05) is 13.2 Å². The Balaban J connectivity index is 1.93. The molecule has 1 aromatic carbocycles. The largest absolute Gasteiger partial charge is 0.394 e. The first-order chi connectivity index (χ1) is 9.19. The standard InChI is InChI=1S/C14H15BrN2O2/c15-10-4-3-9-6-13(16-12(9)7-10)14(19)17-5-1-2-11(17)8-18/h3-4,6-7,11,16,18H,1-2,5,8H2/t11-/m1/s1. The van der Waals surface area contributed by atoms with Crippen molar-refractivity contribution in [1.29, 1.82) is 0 Å². The fourth-order valence-electron chi connectivity index (χ4n) is 2.66. The number of aliphatic hydroxyl groups is 1. The van der Waals surface area contributed by atoms with Gasteiger partial charge < -0.3 is 15.0 Å². The van der Waals surface area contributed by atoms with E-state index in [9.17, 15) is 9.90 Å². The molecule has 0 saturated carbocycles. The van der Waals surface area contributed by atoms with E-state index >= 15 is 0 Å². The van der Waals surface area contributed by atoms with Crippen molar-refractivity contribution in [3.8, 4) is 0 Å². The smallest absolute Gasteiger partial charge is 0.270 e. The first-order valence-corrected chi connectivity index (χ1v) is 7.18. The summed E-state index contributed by atoms with van der Waals surface area (Å²) in [6.45, 7) is 0.765. The molecule has 1 saturated heterocycles. The summed E-state index contributed by atoms with van der Waals surface area (Å²) in [5.41, 5.74) is 1.53. The predicted molar refractivity (Wildman–Crippen MR) is 77.1 cm³/mol. The molecule has 100 valence electrons. The summed E-state index contributed by atoms with van der Waals surface area (Å²) in [6, 6.07) is 7.72. The van der Waals surface area contributed by atoms with Gasteiger partial charge in [-0.15, -0.1) is 0 Å². The molecule has 0 radical (unpaired) electrons. The molecule has 5 heteroatoms. The molecule has 0 aliphatic carbocycles. The van der Waals surface area contributed by atoms with Gasteiger partial charge in [0.15, 0.2) is 0 Å². The van der Waals surface area contributed by atoms with E-state index in [2.05, 4.69) is 20.9 Å². The molecule has 2 heterocycles. The average molecular weight is 323 g/mol. The average Bonchev–Trinajstić information content (AvgIpc) is 3.03. The molecule has 1 aliphatic heterocycles. The minimum Gasteiger partial charge on any atom is -0.394 e. The van der Waals surface area contributed by atoms with E-state index in [1.54, 1.807) is 4.90 Å². The molecule has 1 atom stereocenters. The van der Waals surface area contributed by atoms with Crippen molar-refractivity contribution < 1.29 is 9.90 Å². The number of hydrogen-bond acceptors (Lipinski definition) is 2. The van der Waals surface area contributed by atoms with E-state index in [0.717, 1.165) is 34.8 Å². The number of aromatic amines is 1. The first kappa shape index (κ1) is 12.7. The third-order valence-electron chi connectivity index (χ3n) is 3.66. The monoisotopic (exact) mass is 322 g/mol. The molecule has 0 bridgehead atoms. The summed E-state index contributed by atoms with van der Waals surface area (Å²) in [7, 11) is 0. The van der Waals surface area contributed by atoms with Gasteiger partial charge in [0.2, 0.25) is 0 Å². The molecule has 0 spiro atoms. The van der Waals surface area contributed by atoms with Crippen LogP contribution in [0.4, 0.5) is 0 Å². The second kappa shape index (κ2) is 4.98. The van der Waals surface area contributed by atoms with Crippen LogP contribution in [0.2, 0.25) is 0 Å². The zero-order chi connectivity index (χ0) is 13.4. The number of carbonyl (C=O) groups excluding carboxylic acids is 1. The summed E-state index contributed by atoms with van der Waals surface area (Å²) in [6.07, 6.45) is 1.84. The Kier molecular flexibility index (Phi) is 3.33. The summed E-state index contributed by atoms with van der Waals surface area (Å²) >= 11 is 3.42. The number of nitrogens with one attached hydrogen (secondary N) is 1. The molecule has 1 fully saturated rings. The molecular weight excluding hydrogens is 308 g/mol. The van der Waals surface area contributed by atoms with Crippen LogP contribution in [0.3, 0.4) is 0 Å². The maximum absolute atomic E-state index is 12.4. The lowest BCUT2D eigenvalue weighted by atomic mass is 10.2. The highest BCUT2D eigenvalue weighted by molar-refractivity contribution is 9.10. The van der Waals surface area contributed by atoms with Gasteiger partial charge in [-0.05, 0) is 31.0 Å². The second-order valence-corrected chi connectivity index (χ2v) is 5.81. The Bertz CT molecular complexity index is 623. The lowest BCUT2D eigenvalue weighted by molar-refractivity contribution is 0.0672. The van der Waals surface area contributed by atoms with Crippen LogP contribution >= 0.6 is 15.9 Å². The highest BCUT2D eigenvalue weighted by atomic mass is 79.9. The van der Waals surface area contributed by atoms with E-state index in [4.69, 9.17) is 0 Å². The Morgan fingerprint density at radius 1 is 1.47 bits per heavy atom. The number of rotatable bonds is 2. The Morgan fingerprint density at radius 2 is 2.32 bits per heavy atom. The molecular formula is C14H15BrN2O2. The van der Waals surface area contributed by atoms with E-state index in [0.29, 0.717) is 5.69 Å². The Morgan fingerprint density at radius 3 is 3.11 bits per heavy atom. The highest BCUT2D eigenvalue weighted by Gasteiger charge is 2.29. The molecule has 2 N–H and O–H groups in total. The predicted octanol–water partition coefficient (Wildman–Crippen LogP) is 2.53. The first-order valence-electron chi connectivity index (χ1n) is 6.39. The number of fused-ring (bicyclic) bond motifs is 1. The summed E-state index contributed by atoms with van der Waals surface area (Å²) in [5, 5.41) is 10.3. The van der Waals surface area contributed by atoms with Gasteiger partial charge in [-0.2, -0.15) is 0 Å². The highest BCUT2D eigenvalue weighted by Crippen LogP contribution is 2.24. The van der Waals surface area contributed by atoms with E-state index in [-0.39, 0.29) is 18.6 Å². The fourth-order valence-corrected chi connectivity index (χ4v) is 3.02. The number of hydrogen-bond donors (Lipinski definition) is 2. The van der Waals surface area contributed by atoms with E-state index in [1.807, 2.05) is 24.3 Å². The van der Waals surface area contributed by atoms with Crippen molar-refractivity contribution in [3.63, 3.8) is 0 Å². The molecule has 1 amide bonds. The minimum atomic E-state index is -0.0364. The van der Waals surface area contributed by atoms with Gasteiger partial charge in [0.25, 0.3) is 5.91 Å². The lowest BCUT2D eigenvalue weighted by Gasteiger charge is -2.22. The summed E-state index contributed by atoms with van der Waals surface area (Å²) in [5.74, 6) is -0.0242. The molecule has 0 unspecified atom stereocenters. The number of aliphatic hydroxyl groups excluding tert-OH is 1. The number of nitrogens with zero attached hydrogens (tertiary/aromatic N) is 1. The number of carbonyl (C=O) groups is 1. The molecule has 2 aromatic rings. The second-order valence-electron chi connectivity index (χ2n) is 4.89. The number of aromatic nitrogens is 1. The van der Waals surface area contributed by atoms with Crippen molar-refractivity contribution >= 4 is 32.7 Å². The SMILES string of the molecule is O=C(c1cc2ccc(Br)cc2[nH]1)N1CCC[C@@H]1CO. The van der Waals surface area contributed by atoms with E-state index < -0.39 is 0 Å². The van der Waals surface area contributed by atoms with Gasteiger partial charge in [0.1, 0.15) is 5.69 Å². The topological polar surface area (TPSA) is 56.3 Å². The normalized spacial score (nSPS) is 19.3. The summed E-state index contributed by atoms with van der Waals surface area (Å²) < 4.78 is 0.982. The van der Waals surface area contributed by atoms with Gasteiger partial charge in [-0.25, -0.2) is 0 Å². The van der Waals surface area contributed by atoms with Crippen LogP contribution in [-0.4, -0.2) is 40.1 Å². The maximum Gasteiger partial charge on any atom is 0.270 e. The third-order valence-corrected chi connectivity index (χ3v) is 4.16. The van der Waals surface area contributed by atoms with Crippen LogP contribution in [0.5, 0.6) is 0 Å². The Labute approximate surface area is 119 Å². The number of H-pyrrole nitrogens is 1. The van der Waals surface area contributed by atoms with Gasteiger partial charge in [0, 0.05) is 21.9 Å². The Hall–Kier alpha value is -1.33. The van der Waals surface area contributed by atoms with Crippen LogP contribution < -0.4 is 0 Å². The van der Waals surface area contributed by atoms with Crippen molar-refractivity contribution in [2.24, 2.45) is 0 Å². The van der Waals surface area contributed by atoms with Crippen LogP contribution in [-0.2, 0) is 0 Å². The zero-order valence-corrected chi connectivity index (χ0v) is 12.0. The van der Waals surface area contributed by atoms with Crippen LogP contribution in [0.1, 0.15) is 23.3 Å². The number of likely N-dealkylation sites (tertiary alicyclic amines) is 1. The minimum absolute atomic E-state index is 0.0242. The number of amides is 1. The van der Waals surface area contributed by atoms with Crippen molar-refractivity contribution in [2.45, 2.75) is 18.9 Å². The molecule has 19 heavy (non-hydrogen) atoms. The van der Waals surface area contributed by atoms with Gasteiger partial charge >= 0.3 is 0 Å². The number of benzene rings is 1. The van der Waals surface area contributed by atoms with Gasteiger partial charge in [0.05, 0.1) is 12.6 Å². The molecule has 3 rings (SSSR count). The van der Waals surface area contributed by atoms with Crippen molar-refractivity contribution in [1.82, 2.24) is 9.88 Å². The fraction of sp³-hybridized carbons (Fsp3) is 0.357. The molecule has 1 aromatic heterocycles. The molecule has 4 nitrogen and oxygen atoms in total. The van der Waals surface area contributed by atoms with Crippen LogP contribution in [0.15, 0.2) is 28.7 Å². The van der Waals surface area contributed by atoms with Gasteiger partial charge in [-0.3, -0.25) is 4.79 Å². The van der Waals surface area contributed by atoms with Crippen LogP contribution in [0.25, 0.3) is 10.9 Å². The van der Waals surface area contributed by atoms with Crippen LogP contribution in [0, 0.1) is 0 Å². The maximum atomic E-state index is 12.4. The lowest BCUT2D eigenvalue weighted by Crippen LogP contribution is -2.37. The van der Waals surface area contributed by atoms with Crippen molar-refractivity contribution in [3.05, 3.63) is 34.4 Å². The third kappa shape index (κ3) is 2.28. The van der Waals surface area contributed by atoms with Gasteiger partial charge in [-0.1, -0.05) is 22.0 Å². The molecule has 1 aliphatic rings.